The van der Waals surface area contributed by atoms with Gasteiger partial charge in [0.1, 0.15) is 12.4 Å². The second-order valence-electron chi connectivity index (χ2n) is 6.38. The number of H-pyrrole nitrogens is 1. The summed E-state index contributed by atoms with van der Waals surface area (Å²) in [6, 6.07) is 14.1. The fourth-order valence-electron chi connectivity index (χ4n) is 2.58. The Labute approximate surface area is 173 Å². The van der Waals surface area contributed by atoms with E-state index >= 15 is 0 Å². The van der Waals surface area contributed by atoms with Crippen LogP contribution in [0.15, 0.2) is 60.9 Å². The molecule has 2 aromatic carbocycles. The number of nitrogens with one attached hydrogen (secondary N) is 1. The van der Waals surface area contributed by atoms with Gasteiger partial charge in [0.15, 0.2) is 6.10 Å². The van der Waals surface area contributed by atoms with Crippen molar-refractivity contribution in [2.24, 2.45) is 5.73 Å². The van der Waals surface area contributed by atoms with Gasteiger partial charge in [-0.3, -0.25) is 14.7 Å². The van der Waals surface area contributed by atoms with Crippen LogP contribution in [0, 0.1) is 0 Å². The Balaban J connectivity index is 1.77. The van der Waals surface area contributed by atoms with E-state index in [4.69, 9.17) is 20.0 Å². The standard InChI is InChI=1S/C21H22N4O5/c1-14(20(22)26)30-25(18-8-6-16(7-9-18)17-11-23-24-12-17)21(27)29-13-15-4-3-5-19(10-15)28-2/h3-12,14H,13H2,1-2H3,(H2,22,26)(H,23,24). The first-order valence-electron chi connectivity index (χ1n) is 9.13. The predicted molar refractivity (Wildman–Crippen MR) is 109 cm³/mol. The largest absolute Gasteiger partial charge is 0.497 e. The number of ether oxygens (including phenoxy) is 2. The van der Waals surface area contributed by atoms with E-state index in [2.05, 4.69) is 10.2 Å². The summed E-state index contributed by atoms with van der Waals surface area (Å²) in [6.07, 6.45) is 1.60. The maximum atomic E-state index is 12.7. The average molecular weight is 410 g/mol. The highest BCUT2D eigenvalue weighted by atomic mass is 16.7. The van der Waals surface area contributed by atoms with Crippen LogP contribution < -0.4 is 15.5 Å². The van der Waals surface area contributed by atoms with Crippen LogP contribution in [-0.4, -0.2) is 35.4 Å². The molecule has 0 aliphatic carbocycles. The minimum Gasteiger partial charge on any atom is -0.497 e. The molecule has 0 saturated heterocycles. The Hall–Kier alpha value is -3.85. The number of aromatic amines is 1. The lowest BCUT2D eigenvalue weighted by Crippen LogP contribution is -2.40. The molecule has 0 aliphatic rings. The van der Waals surface area contributed by atoms with Crippen molar-refractivity contribution in [1.82, 2.24) is 10.2 Å². The van der Waals surface area contributed by atoms with Gasteiger partial charge < -0.3 is 15.2 Å². The number of aromatic nitrogens is 2. The smallest absolute Gasteiger partial charge is 0.439 e. The molecular formula is C21H22N4O5. The molecule has 156 valence electrons. The van der Waals surface area contributed by atoms with E-state index in [1.807, 2.05) is 0 Å². The van der Waals surface area contributed by atoms with Crippen molar-refractivity contribution < 1.29 is 23.9 Å². The zero-order chi connectivity index (χ0) is 21.5. The van der Waals surface area contributed by atoms with Gasteiger partial charge in [0.05, 0.1) is 19.0 Å². The van der Waals surface area contributed by atoms with Gasteiger partial charge in [-0.05, 0) is 42.3 Å². The summed E-state index contributed by atoms with van der Waals surface area (Å²) in [7, 11) is 1.55. The molecule has 9 heteroatoms. The fraction of sp³-hybridized carbons (Fsp3) is 0.190. The molecule has 9 nitrogen and oxygen atoms in total. The molecule has 1 aromatic heterocycles. The summed E-state index contributed by atoms with van der Waals surface area (Å²) in [6.45, 7) is 1.44. The maximum absolute atomic E-state index is 12.7. The summed E-state index contributed by atoms with van der Waals surface area (Å²) in [4.78, 5) is 29.6. The molecule has 3 aromatic rings. The van der Waals surface area contributed by atoms with E-state index in [0.29, 0.717) is 11.4 Å². The molecule has 3 N–H and O–H groups in total. The van der Waals surface area contributed by atoms with Crippen molar-refractivity contribution in [2.75, 3.05) is 12.2 Å². The third kappa shape index (κ3) is 5.15. The number of methoxy groups -OCH3 is 1. The maximum Gasteiger partial charge on any atom is 0.439 e. The number of carbonyl (C=O) groups is 2. The molecule has 0 spiro atoms. The first kappa shape index (κ1) is 20.9. The third-order valence-electron chi connectivity index (χ3n) is 4.26. The molecule has 3 rings (SSSR count). The van der Waals surface area contributed by atoms with Gasteiger partial charge >= 0.3 is 6.09 Å². The first-order valence-corrected chi connectivity index (χ1v) is 9.13. The van der Waals surface area contributed by atoms with Crippen molar-refractivity contribution in [1.29, 1.82) is 0 Å². The molecule has 0 bridgehead atoms. The third-order valence-corrected chi connectivity index (χ3v) is 4.26. The zero-order valence-corrected chi connectivity index (χ0v) is 16.6. The Morgan fingerprint density at radius 3 is 2.57 bits per heavy atom. The number of primary amides is 1. The number of hydrogen-bond donors (Lipinski definition) is 2. The number of amides is 2. The lowest BCUT2D eigenvalue weighted by molar-refractivity contribution is -0.128. The first-order chi connectivity index (χ1) is 14.5. The Kier molecular flexibility index (Phi) is 6.66. The number of carbonyl (C=O) groups excluding carboxylic acids is 2. The number of hydroxylamine groups is 1. The fourth-order valence-corrected chi connectivity index (χ4v) is 2.58. The second-order valence-corrected chi connectivity index (χ2v) is 6.38. The van der Waals surface area contributed by atoms with E-state index in [1.54, 1.807) is 68.0 Å². The quantitative estimate of drug-likeness (QED) is 0.551. The molecule has 1 unspecified atom stereocenters. The van der Waals surface area contributed by atoms with Gasteiger partial charge in [-0.1, -0.05) is 24.3 Å². The highest BCUT2D eigenvalue weighted by molar-refractivity contribution is 5.87. The predicted octanol–water partition coefficient (Wildman–Crippen LogP) is 3.03. The van der Waals surface area contributed by atoms with Crippen LogP contribution in [-0.2, 0) is 21.0 Å². The van der Waals surface area contributed by atoms with E-state index in [-0.39, 0.29) is 6.61 Å². The molecule has 0 fully saturated rings. The lowest BCUT2D eigenvalue weighted by atomic mass is 10.1. The lowest BCUT2D eigenvalue weighted by Gasteiger charge is -2.24. The van der Waals surface area contributed by atoms with Gasteiger partial charge in [-0.25, -0.2) is 4.79 Å². The summed E-state index contributed by atoms with van der Waals surface area (Å²) < 4.78 is 10.5. The number of anilines is 1. The number of nitrogens with zero attached hydrogens (tertiary/aromatic N) is 2. The van der Waals surface area contributed by atoms with Crippen molar-refractivity contribution >= 4 is 17.7 Å². The van der Waals surface area contributed by atoms with Crippen molar-refractivity contribution in [3.8, 4) is 16.9 Å². The number of nitrogens with two attached hydrogens (primary N) is 1. The molecule has 1 atom stereocenters. The molecule has 2 amide bonds. The molecule has 1 heterocycles. The van der Waals surface area contributed by atoms with Crippen LogP contribution >= 0.6 is 0 Å². The van der Waals surface area contributed by atoms with Crippen LogP contribution in [0.1, 0.15) is 12.5 Å². The van der Waals surface area contributed by atoms with Crippen molar-refractivity contribution in [3.05, 3.63) is 66.5 Å². The normalized spacial score (nSPS) is 11.5. The van der Waals surface area contributed by atoms with Crippen LogP contribution in [0.3, 0.4) is 0 Å². The molecule has 0 saturated carbocycles. The summed E-state index contributed by atoms with van der Waals surface area (Å²) >= 11 is 0. The van der Waals surface area contributed by atoms with Crippen LogP contribution in [0.5, 0.6) is 5.75 Å². The summed E-state index contributed by atoms with van der Waals surface area (Å²) in [5.41, 5.74) is 8.18. The van der Waals surface area contributed by atoms with Crippen molar-refractivity contribution in [2.45, 2.75) is 19.6 Å². The van der Waals surface area contributed by atoms with E-state index < -0.39 is 18.1 Å². The Morgan fingerprint density at radius 1 is 1.17 bits per heavy atom. The van der Waals surface area contributed by atoms with Gasteiger partial charge in [-0.15, -0.1) is 0 Å². The summed E-state index contributed by atoms with van der Waals surface area (Å²) in [5, 5.41) is 7.57. The highest BCUT2D eigenvalue weighted by Crippen LogP contribution is 2.24. The Morgan fingerprint density at radius 2 is 1.93 bits per heavy atom. The second kappa shape index (κ2) is 9.57. The average Bonchev–Trinajstić information content (AvgIpc) is 3.31. The molecule has 0 aliphatic heterocycles. The molecule has 0 radical (unpaired) electrons. The van der Waals surface area contributed by atoms with Crippen LogP contribution in [0.4, 0.5) is 10.5 Å². The monoisotopic (exact) mass is 410 g/mol. The van der Waals surface area contributed by atoms with Crippen LogP contribution in [0.25, 0.3) is 11.1 Å². The minimum atomic E-state index is -1.04. The highest BCUT2D eigenvalue weighted by Gasteiger charge is 2.24. The van der Waals surface area contributed by atoms with Crippen molar-refractivity contribution in [3.63, 3.8) is 0 Å². The zero-order valence-electron chi connectivity index (χ0n) is 16.6. The topological polar surface area (TPSA) is 120 Å². The Bertz CT molecular complexity index is 989. The van der Waals surface area contributed by atoms with Crippen LogP contribution in [0.2, 0.25) is 0 Å². The SMILES string of the molecule is COc1cccc(COC(=O)N(OC(C)C(N)=O)c2ccc(-c3cn[nH]c3)cc2)c1. The number of rotatable bonds is 8. The van der Waals surface area contributed by atoms with Gasteiger partial charge in [0.2, 0.25) is 5.91 Å². The molecule has 30 heavy (non-hydrogen) atoms. The number of benzene rings is 2. The summed E-state index contributed by atoms with van der Waals surface area (Å²) in [5.74, 6) is -0.0653. The van der Waals surface area contributed by atoms with Gasteiger partial charge in [0.25, 0.3) is 0 Å². The van der Waals surface area contributed by atoms with Gasteiger partial charge in [-0.2, -0.15) is 10.2 Å². The van der Waals surface area contributed by atoms with Gasteiger partial charge in [0, 0.05) is 11.8 Å². The molecular weight excluding hydrogens is 388 g/mol. The van der Waals surface area contributed by atoms with E-state index in [1.165, 1.54) is 6.92 Å². The number of hydrogen-bond acceptors (Lipinski definition) is 6. The minimum absolute atomic E-state index is 0.00600. The van der Waals surface area contributed by atoms with E-state index in [9.17, 15) is 9.59 Å². The van der Waals surface area contributed by atoms with E-state index in [0.717, 1.165) is 21.8 Å².